The van der Waals surface area contributed by atoms with Crippen LogP contribution in [0.25, 0.3) is 32.0 Å². The molecule has 2 fully saturated rings. The van der Waals surface area contributed by atoms with Gasteiger partial charge in [-0.15, -0.1) is 22.7 Å². The second kappa shape index (κ2) is 13.5. The zero-order valence-electron chi connectivity index (χ0n) is 26.6. The topological polar surface area (TPSA) is 92.4 Å². The quantitative estimate of drug-likeness (QED) is 0.200. The molecule has 2 aromatic heterocycles. The number of aromatic nitrogens is 2. The van der Waals surface area contributed by atoms with Gasteiger partial charge in [-0.05, 0) is 59.8 Å². The van der Waals surface area contributed by atoms with Gasteiger partial charge in [0.1, 0.15) is 10.0 Å². The average Bonchev–Trinajstić information content (AvgIpc) is 3.86. The van der Waals surface area contributed by atoms with Crippen LogP contribution < -0.4 is 5.73 Å². The summed E-state index contributed by atoms with van der Waals surface area (Å²) in [6, 6.07) is 16.9. The molecule has 3 atom stereocenters. The molecule has 7 nitrogen and oxygen atoms in total. The Morgan fingerprint density at radius 3 is 1.67 bits per heavy atom. The second-order valence-electron chi connectivity index (χ2n) is 13.1. The van der Waals surface area contributed by atoms with Gasteiger partial charge in [0.15, 0.2) is 0 Å². The van der Waals surface area contributed by atoms with E-state index < -0.39 is 6.04 Å². The number of hydrogen-bond donors (Lipinski definition) is 1. The van der Waals surface area contributed by atoms with Gasteiger partial charge in [-0.25, -0.2) is 9.97 Å². The second-order valence-corrected chi connectivity index (χ2v) is 15.2. The molecule has 0 saturated carbocycles. The van der Waals surface area contributed by atoms with Gasteiger partial charge in [0, 0.05) is 31.9 Å². The van der Waals surface area contributed by atoms with Crippen molar-refractivity contribution in [2.75, 3.05) is 13.1 Å². The molecule has 0 bridgehead atoms. The number of nitrogens with zero attached hydrogens (tertiary/aromatic N) is 4. The van der Waals surface area contributed by atoms with Crippen molar-refractivity contribution in [3.63, 3.8) is 0 Å². The molecule has 4 aromatic rings. The maximum atomic E-state index is 13.0. The largest absolute Gasteiger partial charge is 0.333 e. The molecule has 0 aliphatic carbocycles. The summed E-state index contributed by atoms with van der Waals surface area (Å²) in [5.74, 6) is 0.752. The number of nitrogens with two attached hydrogens (primary N) is 1. The maximum absolute atomic E-state index is 13.0. The van der Waals surface area contributed by atoms with E-state index in [4.69, 9.17) is 15.7 Å². The lowest BCUT2D eigenvalue weighted by molar-refractivity contribution is -0.134. The molecular formula is C36H43N5O2S2. The number of carbonyl (C=O) groups excluding carboxylic acids is 2. The summed E-state index contributed by atoms with van der Waals surface area (Å²) in [6.45, 7) is 9.76. The van der Waals surface area contributed by atoms with Gasteiger partial charge < -0.3 is 15.5 Å². The Bertz CT molecular complexity index is 1630. The highest BCUT2D eigenvalue weighted by Crippen LogP contribution is 2.40. The third-order valence-corrected chi connectivity index (χ3v) is 11.3. The van der Waals surface area contributed by atoms with Crippen molar-refractivity contribution in [1.29, 1.82) is 0 Å². The van der Waals surface area contributed by atoms with Crippen molar-refractivity contribution in [3.05, 3.63) is 70.9 Å². The Morgan fingerprint density at radius 2 is 1.20 bits per heavy atom. The van der Waals surface area contributed by atoms with Crippen molar-refractivity contribution >= 4 is 34.5 Å². The lowest BCUT2D eigenvalue weighted by Crippen LogP contribution is -2.46. The molecule has 0 unspecified atom stereocenters. The number of amides is 2. The first-order chi connectivity index (χ1) is 21.7. The van der Waals surface area contributed by atoms with Crippen molar-refractivity contribution in [2.45, 2.75) is 77.9 Å². The smallest absolute Gasteiger partial charge is 0.240 e. The number of benzene rings is 2. The molecule has 2 saturated heterocycles. The molecule has 2 aliphatic rings. The highest BCUT2D eigenvalue weighted by atomic mass is 32.1. The standard InChI is InChI=1S/C36H43N5O2S2/c1-22(2)19-32(42)40-17-5-7-28(40)34-38-20-30(44-34)26-13-9-24(10-14-26)25-11-15-27(16-12-25)31-21-39-35(45-31)29-8-6-18-41(29)36(43)33(37)23(3)4/h9-16,20-23,28-29,33H,5-8,17-19,37H2,1-4H3/t28-,29-,33+/m0/s1. The van der Waals surface area contributed by atoms with E-state index in [1.807, 2.05) is 36.0 Å². The van der Waals surface area contributed by atoms with Crippen LogP contribution >= 0.6 is 22.7 Å². The monoisotopic (exact) mass is 641 g/mol. The molecule has 4 heterocycles. The van der Waals surface area contributed by atoms with Crippen molar-refractivity contribution in [2.24, 2.45) is 17.6 Å². The molecule has 45 heavy (non-hydrogen) atoms. The number of likely N-dealkylation sites (tertiary alicyclic amines) is 2. The zero-order chi connectivity index (χ0) is 31.7. The van der Waals surface area contributed by atoms with Gasteiger partial charge >= 0.3 is 0 Å². The number of carbonyl (C=O) groups is 2. The molecule has 6 rings (SSSR count). The van der Waals surface area contributed by atoms with Crippen LogP contribution in [0, 0.1) is 11.8 Å². The third-order valence-electron chi connectivity index (χ3n) is 8.98. The van der Waals surface area contributed by atoms with Gasteiger partial charge in [-0.2, -0.15) is 0 Å². The number of thiazole rings is 2. The fraction of sp³-hybridized carbons (Fsp3) is 0.444. The predicted octanol–water partition coefficient (Wildman–Crippen LogP) is 7.96. The zero-order valence-corrected chi connectivity index (χ0v) is 28.2. The van der Waals surface area contributed by atoms with Crippen LogP contribution in [-0.4, -0.2) is 50.7 Å². The summed E-state index contributed by atoms with van der Waals surface area (Å²) in [4.78, 5) is 41.5. The summed E-state index contributed by atoms with van der Waals surface area (Å²) in [5.41, 5.74) is 10.8. The summed E-state index contributed by atoms with van der Waals surface area (Å²) in [5, 5.41) is 2.03. The first kappa shape index (κ1) is 31.6. The van der Waals surface area contributed by atoms with E-state index >= 15 is 0 Å². The van der Waals surface area contributed by atoms with E-state index in [-0.39, 0.29) is 29.8 Å². The van der Waals surface area contributed by atoms with Crippen LogP contribution in [0.5, 0.6) is 0 Å². The van der Waals surface area contributed by atoms with Crippen LogP contribution in [0.4, 0.5) is 0 Å². The van der Waals surface area contributed by atoms with E-state index in [0.29, 0.717) is 12.3 Å². The molecule has 9 heteroatoms. The highest BCUT2D eigenvalue weighted by molar-refractivity contribution is 7.15. The highest BCUT2D eigenvalue weighted by Gasteiger charge is 2.35. The van der Waals surface area contributed by atoms with Crippen molar-refractivity contribution in [1.82, 2.24) is 19.8 Å². The third kappa shape index (κ3) is 6.76. The van der Waals surface area contributed by atoms with Gasteiger partial charge in [0.05, 0.1) is 27.9 Å². The Morgan fingerprint density at radius 1 is 0.756 bits per heavy atom. The molecule has 0 radical (unpaired) electrons. The summed E-state index contributed by atoms with van der Waals surface area (Å²) in [7, 11) is 0. The Kier molecular flexibility index (Phi) is 9.49. The van der Waals surface area contributed by atoms with Gasteiger partial charge in [0.2, 0.25) is 11.8 Å². The van der Waals surface area contributed by atoms with Crippen LogP contribution in [0.1, 0.15) is 81.9 Å². The van der Waals surface area contributed by atoms with Crippen molar-refractivity contribution < 1.29 is 9.59 Å². The fourth-order valence-corrected chi connectivity index (χ4v) is 8.50. The molecular weight excluding hydrogens is 599 g/mol. The minimum Gasteiger partial charge on any atom is -0.333 e. The fourth-order valence-electron chi connectivity index (χ4n) is 6.36. The molecule has 2 N–H and O–H groups in total. The minimum atomic E-state index is -0.472. The summed E-state index contributed by atoms with van der Waals surface area (Å²) >= 11 is 3.37. The summed E-state index contributed by atoms with van der Waals surface area (Å²) in [6.07, 6.45) is 8.41. The van der Waals surface area contributed by atoms with E-state index in [2.05, 4.69) is 62.4 Å². The number of hydrogen-bond acceptors (Lipinski definition) is 7. The van der Waals surface area contributed by atoms with E-state index in [9.17, 15) is 9.59 Å². The van der Waals surface area contributed by atoms with E-state index in [1.54, 1.807) is 22.7 Å². The van der Waals surface area contributed by atoms with Crippen LogP contribution in [0.15, 0.2) is 60.9 Å². The maximum Gasteiger partial charge on any atom is 0.240 e. The van der Waals surface area contributed by atoms with E-state index in [1.165, 1.54) is 0 Å². The number of rotatable bonds is 9. The molecule has 0 spiro atoms. The molecule has 2 amide bonds. The molecule has 236 valence electrons. The first-order valence-electron chi connectivity index (χ1n) is 16.2. The van der Waals surface area contributed by atoms with Crippen LogP contribution in [0.3, 0.4) is 0 Å². The van der Waals surface area contributed by atoms with Gasteiger partial charge in [-0.1, -0.05) is 76.2 Å². The van der Waals surface area contributed by atoms with Crippen molar-refractivity contribution in [3.8, 4) is 32.0 Å². The Labute approximate surface area is 274 Å². The summed E-state index contributed by atoms with van der Waals surface area (Å²) < 4.78 is 0. The average molecular weight is 642 g/mol. The first-order valence-corrected chi connectivity index (χ1v) is 17.8. The lowest BCUT2D eigenvalue weighted by atomic mass is 10.0. The SMILES string of the molecule is CC(C)CC(=O)N1CCC[C@H]1c1ncc(-c2ccc(-c3ccc(-c4cnc([C@@H]5CCCN5C(=O)[C@H](N)C(C)C)s4)cc3)cc2)s1. The van der Waals surface area contributed by atoms with Gasteiger partial charge in [0.25, 0.3) is 0 Å². The Balaban J connectivity index is 1.12. The molecule has 2 aromatic carbocycles. The normalized spacial score (nSPS) is 19.2. The van der Waals surface area contributed by atoms with Crippen LogP contribution in [0.2, 0.25) is 0 Å². The Hall–Kier alpha value is -3.40. The minimum absolute atomic E-state index is 0.0120. The lowest BCUT2D eigenvalue weighted by Gasteiger charge is -2.27. The van der Waals surface area contributed by atoms with Crippen LogP contribution in [-0.2, 0) is 9.59 Å². The van der Waals surface area contributed by atoms with Gasteiger partial charge in [-0.3, -0.25) is 9.59 Å². The van der Waals surface area contributed by atoms with E-state index in [0.717, 1.165) is 80.8 Å². The molecule has 2 aliphatic heterocycles. The predicted molar refractivity (Wildman–Crippen MR) is 184 cm³/mol.